The maximum atomic E-state index is 9.55. The number of aliphatic hydroxyl groups excluding tert-OH is 1. The molecule has 0 rings (SSSR count). The van der Waals surface area contributed by atoms with Gasteiger partial charge in [0, 0.05) is 5.92 Å². The number of hydrogen-bond donors (Lipinski definition) is 2. The standard InChI is InChI=1S/C8H16O2/c1-4-7(6-9)8(3,10)5-2/h4,7,9-10H,1,5-6H2,2-3H3. The smallest absolute Gasteiger partial charge is 0.0701 e. The molecule has 10 heavy (non-hydrogen) atoms. The van der Waals surface area contributed by atoms with E-state index in [0.29, 0.717) is 6.42 Å². The minimum atomic E-state index is -0.809. The Kier molecular flexibility index (Phi) is 3.61. The van der Waals surface area contributed by atoms with Gasteiger partial charge in [0.15, 0.2) is 0 Å². The summed E-state index contributed by atoms with van der Waals surface area (Å²) >= 11 is 0. The fourth-order valence-electron chi connectivity index (χ4n) is 0.787. The van der Waals surface area contributed by atoms with Gasteiger partial charge in [-0.2, -0.15) is 0 Å². The molecular weight excluding hydrogens is 128 g/mol. The lowest BCUT2D eigenvalue weighted by Gasteiger charge is -2.27. The Bertz CT molecular complexity index is 108. The highest BCUT2D eigenvalue weighted by molar-refractivity contribution is 4.91. The molecule has 2 heteroatoms. The third-order valence-corrected chi connectivity index (χ3v) is 2.00. The average Bonchev–Trinajstić information content (AvgIpc) is 1.90. The van der Waals surface area contributed by atoms with E-state index in [9.17, 15) is 5.11 Å². The summed E-state index contributed by atoms with van der Waals surface area (Å²) < 4.78 is 0. The van der Waals surface area contributed by atoms with Gasteiger partial charge in [-0.25, -0.2) is 0 Å². The van der Waals surface area contributed by atoms with Crippen LogP contribution in [0.4, 0.5) is 0 Å². The van der Waals surface area contributed by atoms with E-state index in [0.717, 1.165) is 0 Å². The summed E-state index contributed by atoms with van der Waals surface area (Å²) in [5.74, 6) is -0.211. The van der Waals surface area contributed by atoms with Crippen molar-refractivity contribution in [2.75, 3.05) is 6.61 Å². The highest BCUT2D eigenvalue weighted by Crippen LogP contribution is 2.20. The Balaban J connectivity index is 4.10. The minimum Gasteiger partial charge on any atom is -0.396 e. The first-order valence-corrected chi connectivity index (χ1v) is 3.54. The normalized spacial score (nSPS) is 19.6. The average molecular weight is 144 g/mol. The van der Waals surface area contributed by atoms with Crippen LogP contribution in [0.5, 0.6) is 0 Å². The van der Waals surface area contributed by atoms with Crippen molar-refractivity contribution in [3.05, 3.63) is 12.7 Å². The first kappa shape index (κ1) is 9.66. The van der Waals surface area contributed by atoms with Crippen LogP contribution >= 0.6 is 0 Å². The minimum absolute atomic E-state index is 0.0374. The molecule has 0 amide bonds. The van der Waals surface area contributed by atoms with Gasteiger partial charge in [-0.1, -0.05) is 13.0 Å². The summed E-state index contributed by atoms with van der Waals surface area (Å²) in [5, 5.41) is 18.3. The van der Waals surface area contributed by atoms with Crippen molar-refractivity contribution in [1.82, 2.24) is 0 Å². The molecule has 0 aliphatic rings. The maximum Gasteiger partial charge on any atom is 0.0701 e. The monoisotopic (exact) mass is 144 g/mol. The van der Waals surface area contributed by atoms with Gasteiger partial charge in [0.25, 0.3) is 0 Å². The molecule has 0 saturated heterocycles. The number of rotatable bonds is 4. The molecule has 0 bridgehead atoms. The second-order valence-corrected chi connectivity index (χ2v) is 2.74. The SMILES string of the molecule is C=CC(CO)C(C)(O)CC. The lowest BCUT2D eigenvalue weighted by Crippen LogP contribution is -2.34. The van der Waals surface area contributed by atoms with Crippen molar-refractivity contribution in [1.29, 1.82) is 0 Å². The van der Waals surface area contributed by atoms with Crippen LogP contribution in [-0.4, -0.2) is 22.4 Å². The van der Waals surface area contributed by atoms with Crippen molar-refractivity contribution in [3.8, 4) is 0 Å². The van der Waals surface area contributed by atoms with E-state index >= 15 is 0 Å². The van der Waals surface area contributed by atoms with E-state index in [2.05, 4.69) is 6.58 Å². The Morgan fingerprint density at radius 2 is 2.20 bits per heavy atom. The van der Waals surface area contributed by atoms with Crippen molar-refractivity contribution < 1.29 is 10.2 Å². The lowest BCUT2D eigenvalue weighted by atomic mass is 9.88. The maximum absolute atomic E-state index is 9.55. The molecule has 0 aromatic rings. The Morgan fingerprint density at radius 1 is 1.70 bits per heavy atom. The third kappa shape index (κ3) is 2.12. The van der Waals surface area contributed by atoms with E-state index in [-0.39, 0.29) is 12.5 Å². The van der Waals surface area contributed by atoms with E-state index in [1.165, 1.54) is 0 Å². The Morgan fingerprint density at radius 3 is 2.30 bits per heavy atom. The highest BCUT2D eigenvalue weighted by Gasteiger charge is 2.26. The van der Waals surface area contributed by atoms with Crippen molar-refractivity contribution >= 4 is 0 Å². The van der Waals surface area contributed by atoms with Crippen LogP contribution < -0.4 is 0 Å². The van der Waals surface area contributed by atoms with Crippen LogP contribution in [0.2, 0.25) is 0 Å². The van der Waals surface area contributed by atoms with E-state index < -0.39 is 5.60 Å². The second-order valence-electron chi connectivity index (χ2n) is 2.74. The van der Waals surface area contributed by atoms with Crippen molar-refractivity contribution in [2.45, 2.75) is 25.9 Å². The largest absolute Gasteiger partial charge is 0.396 e. The molecule has 2 nitrogen and oxygen atoms in total. The molecule has 60 valence electrons. The van der Waals surface area contributed by atoms with Gasteiger partial charge in [-0.3, -0.25) is 0 Å². The number of hydrogen-bond acceptors (Lipinski definition) is 2. The zero-order valence-electron chi connectivity index (χ0n) is 6.67. The molecule has 0 fully saturated rings. The quantitative estimate of drug-likeness (QED) is 0.576. The Hall–Kier alpha value is -0.340. The van der Waals surface area contributed by atoms with Crippen LogP contribution in [0.1, 0.15) is 20.3 Å². The molecule has 0 saturated carbocycles. The summed E-state index contributed by atoms with van der Waals surface area (Å²) in [5.41, 5.74) is -0.809. The van der Waals surface area contributed by atoms with Crippen LogP contribution in [0.25, 0.3) is 0 Å². The van der Waals surface area contributed by atoms with Gasteiger partial charge in [0.1, 0.15) is 0 Å². The molecule has 0 aromatic heterocycles. The van der Waals surface area contributed by atoms with Gasteiger partial charge in [-0.05, 0) is 13.3 Å². The first-order chi connectivity index (χ1) is 4.58. The van der Waals surface area contributed by atoms with Crippen LogP contribution in [0, 0.1) is 5.92 Å². The van der Waals surface area contributed by atoms with E-state index in [1.54, 1.807) is 13.0 Å². The van der Waals surface area contributed by atoms with Crippen molar-refractivity contribution in [3.63, 3.8) is 0 Å². The molecule has 2 atom stereocenters. The zero-order chi connectivity index (χ0) is 8.20. The van der Waals surface area contributed by atoms with Gasteiger partial charge in [0.05, 0.1) is 12.2 Å². The lowest BCUT2D eigenvalue weighted by molar-refractivity contribution is -0.00656. The van der Waals surface area contributed by atoms with E-state index in [1.807, 2.05) is 6.92 Å². The van der Waals surface area contributed by atoms with Gasteiger partial charge >= 0.3 is 0 Å². The summed E-state index contributed by atoms with van der Waals surface area (Å²) in [6.45, 7) is 7.07. The van der Waals surface area contributed by atoms with Gasteiger partial charge < -0.3 is 10.2 Å². The molecule has 0 spiro atoms. The summed E-state index contributed by atoms with van der Waals surface area (Å²) in [6.07, 6.45) is 2.22. The molecule has 0 aliphatic carbocycles. The molecule has 0 aliphatic heterocycles. The summed E-state index contributed by atoms with van der Waals surface area (Å²) in [6, 6.07) is 0. The number of aliphatic hydroxyl groups is 2. The predicted molar refractivity (Wildman–Crippen MR) is 41.7 cm³/mol. The van der Waals surface area contributed by atoms with Crippen LogP contribution in [0.15, 0.2) is 12.7 Å². The molecule has 2 N–H and O–H groups in total. The molecule has 0 heterocycles. The predicted octanol–water partition coefficient (Wildman–Crippen LogP) is 0.942. The highest BCUT2D eigenvalue weighted by atomic mass is 16.3. The van der Waals surface area contributed by atoms with Gasteiger partial charge in [-0.15, -0.1) is 6.58 Å². The first-order valence-electron chi connectivity index (χ1n) is 3.54. The van der Waals surface area contributed by atoms with Crippen molar-refractivity contribution in [2.24, 2.45) is 5.92 Å². The fraction of sp³-hybridized carbons (Fsp3) is 0.750. The zero-order valence-corrected chi connectivity index (χ0v) is 6.67. The van der Waals surface area contributed by atoms with Crippen LogP contribution in [0.3, 0.4) is 0 Å². The fourth-order valence-corrected chi connectivity index (χ4v) is 0.787. The molecular formula is C8H16O2. The van der Waals surface area contributed by atoms with Gasteiger partial charge in [0.2, 0.25) is 0 Å². The molecule has 0 radical (unpaired) electrons. The summed E-state index contributed by atoms with van der Waals surface area (Å²) in [7, 11) is 0. The van der Waals surface area contributed by atoms with E-state index in [4.69, 9.17) is 5.11 Å². The Labute approximate surface area is 62.2 Å². The topological polar surface area (TPSA) is 40.5 Å². The molecule has 2 unspecified atom stereocenters. The second kappa shape index (κ2) is 3.74. The third-order valence-electron chi connectivity index (χ3n) is 2.00. The van der Waals surface area contributed by atoms with Crippen LogP contribution in [-0.2, 0) is 0 Å². The molecule has 0 aromatic carbocycles. The summed E-state index contributed by atoms with van der Waals surface area (Å²) in [4.78, 5) is 0.